The van der Waals surface area contributed by atoms with Crippen LogP contribution in [0, 0.1) is 5.82 Å². The molecule has 108 valence electrons. The van der Waals surface area contributed by atoms with Crippen molar-refractivity contribution in [1.82, 2.24) is 4.90 Å². The van der Waals surface area contributed by atoms with Crippen LogP contribution in [0.15, 0.2) is 29.2 Å². The second-order valence-corrected chi connectivity index (χ2v) is 6.78. The molecule has 1 aromatic rings. The quantitative estimate of drug-likeness (QED) is 0.802. The Morgan fingerprint density at radius 3 is 2.21 bits per heavy atom. The van der Waals surface area contributed by atoms with E-state index in [1.165, 1.54) is 30.7 Å². The first-order chi connectivity index (χ1) is 8.58. The summed E-state index contributed by atoms with van der Waals surface area (Å²) in [5, 5.41) is 0. The van der Waals surface area contributed by atoms with E-state index < -0.39 is 15.7 Å². The van der Waals surface area contributed by atoms with E-state index >= 15 is 0 Å². The molecular formula is C13H19ClFNO2S. The standard InChI is InChI=1S/C13H18FNO2S.ClH/c14-12-4-6-13(7-5-12)18(16,17)11-10-15-8-2-1-3-9-15;/h4-7H,1-3,8-11H2;1H. The third-order valence-corrected chi connectivity index (χ3v) is 5.01. The number of nitrogens with zero attached hydrogens (tertiary/aromatic N) is 1. The maximum absolute atomic E-state index is 12.7. The fraction of sp³-hybridized carbons (Fsp3) is 0.538. The van der Waals surface area contributed by atoms with Gasteiger partial charge in [-0.3, -0.25) is 0 Å². The van der Waals surface area contributed by atoms with Crippen LogP contribution in [0.1, 0.15) is 19.3 Å². The molecule has 0 bridgehead atoms. The molecule has 0 N–H and O–H groups in total. The summed E-state index contributed by atoms with van der Waals surface area (Å²) < 4.78 is 36.8. The topological polar surface area (TPSA) is 37.4 Å². The van der Waals surface area contributed by atoms with E-state index in [4.69, 9.17) is 0 Å². The molecule has 0 aliphatic carbocycles. The zero-order valence-electron chi connectivity index (χ0n) is 10.7. The van der Waals surface area contributed by atoms with Crippen LogP contribution in [0.3, 0.4) is 0 Å². The first-order valence-electron chi connectivity index (χ1n) is 6.29. The van der Waals surface area contributed by atoms with Crippen molar-refractivity contribution in [3.63, 3.8) is 0 Å². The summed E-state index contributed by atoms with van der Waals surface area (Å²) in [5.74, 6) is -0.302. The SMILES string of the molecule is Cl.O=S(=O)(CCN1CCCCC1)c1ccc(F)cc1. The average molecular weight is 308 g/mol. The summed E-state index contributed by atoms with van der Waals surface area (Å²) in [7, 11) is -3.28. The molecule has 1 aliphatic rings. The Labute approximate surface area is 120 Å². The van der Waals surface area contributed by atoms with Crippen LogP contribution in [0.4, 0.5) is 4.39 Å². The summed E-state index contributed by atoms with van der Waals surface area (Å²) in [5.41, 5.74) is 0. The highest BCUT2D eigenvalue weighted by molar-refractivity contribution is 7.91. The first-order valence-corrected chi connectivity index (χ1v) is 7.94. The minimum absolute atomic E-state index is 0. The van der Waals surface area contributed by atoms with Gasteiger partial charge in [0.25, 0.3) is 0 Å². The maximum Gasteiger partial charge on any atom is 0.179 e. The van der Waals surface area contributed by atoms with Crippen LogP contribution >= 0.6 is 12.4 Å². The number of piperidine rings is 1. The molecule has 0 aromatic heterocycles. The third-order valence-electron chi connectivity index (χ3n) is 3.30. The highest BCUT2D eigenvalue weighted by Gasteiger charge is 2.17. The number of benzene rings is 1. The number of rotatable bonds is 4. The summed E-state index contributed by atoms with van der Waals surface area (Å²) in [4.78, 5) is 2.39. The Morgan fingerprint density at radius 1 is 1.05 bits per heavy atom. The lowest BCUT2D eigenvalue weighted by Crippen LogP contribution is -2.33. The average Bonchev–Trinajstić information content (AvgIpc) is 2.38. The zero-order valence-corrected chi connectivity index (χ0v) is 12.4. The van der Waals surface area contributed by atoms with Crippen molar-refractivity contribution in [2.75, 3.05) is 25.4 Å². The van der Waals surface area contributed by atoms with Gasteiger partial charge in [0.05, 0.1) is 10.6 Å². The number of hydrogen-bond acceptors (Lipinski definition) is 3. The molecule has 3 nitrogen and oxygen atoms in total. The lowest BCUT2D eigenvalue weighted by Gasteiger charge is -2.26. The molecule has 1 aliphatic heterocycles. The lowest BCUT2D eigenvalue weighted by molar-refractivity contribution is 0.241. The third kappa shape index (κ3) is 4.75. The van der Waals surface area contributed by atoms with Gasteiger partial charge in [-0.15, -0.1) is 12.4 Å². The molecule has 0 spiro atoms. The minimum atomic E-state index is -3.28. The van der Waals surface area contributed by atoms with Crippen LogP contribution in [-0.4, -0.2) is 38.7 Å². The highest BCUT2D eigenvalue weighted by atomic mass is 35.5. The molecule has 2 rings (SSSR count). The van der Waals surface area contributed by atoms with E-state index in [2.05, 4.69) is 4.90 Å². The number of halogens is 2. The number of likely N-dealkylation sites (tertiary alicyclic amines) is 1. The van der Waals surface area contributed by atoms with E-state index in [1.807, 2.05) is 0 Å². The van der Waals surface area contributed by atoms with Gasteiger partial charge in [-0.25, -0.2) is 12.8 Å². The Kier molecular flexibility index (Phi) is 6.23. The van der Waals surface area contributed by atoms with E-state index in [0.29, 0.717) is 6.54 Å². The predicted molar refractivity (Wildman–Crippen MR) is 76.0 cm³/mol. The predicted octanol–water partition coefficient (Wildman–Crippen LogP) is 2.51. The molecule has 1 fully saturated rings. The monoisotopic (exact) mass is 307 g/mol. The fourth-order valence-corrected chi connectivity index (χ4v) is 3.48. The smallest absolute Gasteiger partial charge is 0.179 e. The van der Waals surface area contributed by atoms with Gasteiger partial charge in [0, 0.05) is 6.54 Å². The molecule has 0 radical (unpaired) electrons. The van der Waals surface area contributed by atoms with Crippen molar-refractivity contribution < 1.29 is 12.8 Å². The van der Waals surface area contributed by atoms with Crippen LogP contribution in [0.5, 0.6) is 0 Å². The molecule has 0 atom stereocenters. The Bertz CT molecular complexity index is 484. The summed E-state index contributed by atoms with van der Waals surface area (Å²) >= 11 is 0. The first kappa shape index (κ1) is 16.4. The number of hydrogen-bond donors (Lipinski definition) is 0. The van der Waals surface area contributed by atoms with Crippen molar-refractivity contribution in [2.24, 2.45) is 0 Å². The van der Waals surface area contributed by atoms with Crippen LogP contribution < -0.4 is 0 Å². The maximum atomic E-state index is 12.7. The van der Waals surface area contributed by atoms with E-state index in [9.17, 15) is 12.8 Å². The zero-order chi connectivity index (χ0) is 13.0. The lowest BCUT2D eigenvalue weighted by atomic mass is 10.1. The van der Waals surface area contributed by atoms with Crippen LogP contribution in [0.2, 0.25) is 0 Å². The normalized spacial score (nSPS) is 16.9. The fourth-order valence-electron chi connectivity index (χ4n) is 2.19. The van der Waals surface area contributed by atoms with Gasteiger partial charge in [-0.1, -0.05) is 6.42 Å². The largest absolute Gasteiger partial charge is 0.302 e. The van der Waals surface area contributed by atoms with E-state index in [-0.39, 0.29) is 23.1 Å². The molecule has 6 heteroatoms. The molecule has 0 amide bonds. The Morgan fingerprint density at radius 2 is 1.63 bits per heavy atom. The molecule has 1 heterocycles. The molecule has 0 saturated carbocycles. The van der Waals surface area contributed by atoms with Crippen LogP contribution in [0.25, 0.3) is 0 Å². The van der Waals surface area contributed by atoms with Gasteiger partial charge in [0.2, 0.25) is 0 Å². The van der Waals surface area contributed by atoms with Gasteiger partial charge in [0.15, 0.2) is 9.84 Å². The molecule has 1 aromatic carbocycles. The van der Waals surface area contributed by atoms with Crippen molar-refractivity contribution in [3.8, 4) is 0 Å². The van der Waals surface area contributed by atoms with Gasteiger partial charge in [0.1, 0.15) is 5.82 Å². The van der Waals surface area contributed by atoms with Crippen molar-refractivity contribution in [2.45, 2.75) is 24.2 Å². The van der Waals surface area contributed by atoms with Crippen LogP contribution in [-0.2, 0) is 9.84 Å². The van der Waals surface area contributed by atoms with E-state index in [0.717, 1.165) is 25.9 Å². The summed E-state index contributed by atoms with van der Waals surface area (Å²) in [6.45, 7) is 2.54. The Hall–Kier alpha value is -0.650. The van der Waals surface area contributed by atoms with Gasteiger partial charge in [-0.2, -0.15) is 0 Å². The van der Waals surface area contributed by atoms with Crippen molar-refractivity contribution >= 4 is 22.2 Å². The molecular weight excluding hydrogens is 289 g/mol. The second-order valence-electron chi connectivity index (χ2n) is 4.68. The molecule has 19 heavy (non-hydrogen) atoms. The molecule has 1 saturated heterocycles. The summed E-state index contributed by atoms with van der Waals surface area (Å²) in [6.07, 6.45) is 3.54. The Balaban J connectivity index is 0.00000180. The highest BCUT2D eigenvalue weighted by Crippen LogP contribution is 2.14. The van der Waals surface area contributed by atoms with Gasteiger partial charge < -0.3 is 4.90 Å². The summed E-state index contributed by atoms with van der Waals surface area (Å²) in [6, 6.07) is 5.04. The minimum Gasteiger partial charge on any atom is -0.302 e. The second kappa shape index (κ2) is 7.22. The van der Waals surface area contributed by atoms with Gasteiger partial charge >= 0.3 is 0 Å². The molecule has 0 unspecified atom stereocenters. The van der Waals surface area contributed by atoms with Gasteiger partial charge in [-0.05, 0) is 50.2 Å². The van der Waals surface area contributed by atoms with E-state index in [1.54, 1.807) is 0 Å². The number of sulfone groups is 1. The van der Waals surface area contributed by atoms with Crippen molar-refractivity contribution in [1.29, 1.82) is 0 Å². The van der Waals surface area contributed by atoms with Crippen molar-refractivity contribution in [3.05, 3.63) is 30.1 Å².